The normalized spacial score (nSPS) is 17.5. The van der Waals surface area contributed by atoms with Gasteiger partial charge in [0.1, 0.15) is 0 Å². The summed E-state index contributed by atoms with van der Waals surface area (Å²) in [5, 5.41) is 4.18. The van der Waals surface area contributed by atoms with Crippen molar-refractivity contribution in [3.63, 3.8) is 0 Å². The smallest absolute Gasteiger partial charge is 0.182 e. The molecular formula is C14H18Cl2N2O. The second-order valence-electron chi connectivity index (χ2n) is 5.25. The number of ketones is 1. The summed E-state index contributed by atoms with van der Waals surface area (Å²) in [5.74, 6) is 0.0768. The van der Waals surface area contributed by atoms with Gasteiger partial charge in [-0.05, 0) is 32.0 Å². The lowest BCUT2D eigenvalue weighted by molar-refractivity contribution is 0.0602. The van der Waals surface area contributed by atoms with Crippen molar-refractivity contribution in [2.24, 2.45) is 0 Å². The number of nitrogens with zero attached hydrogens (tertiary/aromatic N) is 1. The lowest BCUT2D eigenvalue weighted by Crippen LogP contribution is -2.57. The average Bonchev–Trinajstić information content (AvgIpc) is 2.42. The fourth-order valence-corrected chi connectivity index (χ4v) is 2.66. The Balaban J connectivity index is 2.23. The van der Waals surface area contributed by atoms with E-state index >= 15 is 0 Å². The molecule has 0 aliphatic carbocycles. The van der Waals surface area contributed by atoms with Crippen LogP contribution in [0, 0.1) is 0 Å². The highest BCUT2D eigenvalue weighted by Gasteiger charge is 2.35. The second-order valence-corrected chi connectivity index (χ2v) is 6.07. The predicted octanol–water partition coefficient (Wildman–Crippen LogP) is 2.86. The topological polar surface area (TPSA) is 32.3 Å². The summed E-state index contributed by atoms with van der Waals surface area (Å²) in [6.45, 7) is 7.50. The maximum Gasteiger partial charge on any atom is 0.182 e. The number of rotatable bonds is 3. The molecule has 5 heteroatoms. The first-order valence-corrected chi connectivity index (χ1v) is 7.14. The number of halogens is 2. The van der Waals surface area contributed by atoms with Crippen molar-refractivity contribution in [1.82, 2.24) is 10.2 Å². The molecule has 1 aliphatic rings. The Morgan fingerprint density at radius 2 is 1.84 bits per heavy atom. The molecule has 0 bridgehead atoms. The Labute approximate surface area is 123 Å². The number of hydrogen-bond donors (Lipinski definition) is 1. The molecule has 0 unspecified atom stereocenters. The third-order valence-electron chi connectivity index (χ3n) is 3.65. The summed E-state index contributed by atoms with van der Waals surface area (Å²) >= 11 is 11.9. The van der Waals surface area contributed by atoms with Gasteiger partial charge in [-0.3, -0.25) is 9.69 Å². The number of nitrogens with one attached hydrogen (secondary N) is 1. The average molecular weight is 301 g/mol. The van der Waals surface area contributed by atoms with Crippen LogP contribution in [-0.4, -0.2) is 42.4 Å². The molecule has 0 aromatic heterocycles. The molecular weight excluding hydrogens is 283 g/mol. The van der Waals surface area contributed by atoms with Crippen LogP contribution in [-0.2, 0) is 0 Å². The summed E-state index contributed by atoms with van der Waals surface area (Å²) in [4.78, 5) is 14.9. The van der Waals surface area contributed by atoms with Gasteiger partial charge >= 0.3 is 0 Å². The van der Waals surface area contributed by atoms with E-state index in [0.717, 1.165) is 26.2 Å². The highest BCUT2D eigenvalue weighted by molar-refractivity contribution is 6.42. The minimum Gasteiger partial charge on any atom is -0.314 e. The lowest BCUT2D eigenvalue weighted by atomic mass is 9.90. The highest BCUT2D eigenvalue weighted by atomic mass is 35.5. The van der Waals surface area contributed by atoms with Crippen LogP contribution in [0.4, 0.5) is 0 Å². The largest absolute Gasteiger partial charge is 0.314 e. The van der Waals surface area contributed by atoms with Crippen LogP contribution in [0.1, 0.15) is 24.2 Å². The molecule has 1 saturated heterocycles. The van der Waals surface area contributed by atoms with Crippen molar-refractivity contribution < 1.29 is 4.79 Å². The van der Waals surface area contributed by atoms with Crippen LogP contribution in [0.25, 0.3) is 0 Å². The van der Waals surface area contributed by atoms with Crippen LogP contribution in [0.2, 0.25) is 10.0 Å². The van der Waals surface area contributed by atoms with Crippen molar-refractivity contribution in [3.8, 4) is 0 Å². The lowest BCUT2D eigenvalue weighted by Gasteiger charge is -2.40. The Bertz CT molecular complexity index is 482. The Kier molecular flexibility index (Phi) is 4.51. The van der Waals surface area contributed by atoms with Crippen molar-refractivity contribution in [1.29, 1.82) is 0 Å². The standard InChI is InChI=1S/C14H18Cl2N2O/c1-14(2,18-7-5-17-6-8-18)13(19)10-3-4-11(15)12(16)9-10/h3-4,9,17H,5-8H2,1-2H3. The third kappa shape index (κ3) is 3.11. The summed E-state index contributed by atoms with van der Waals surface area (Å²) < 4.78 is 0. The maximum absolute atomic E-state index is 12.7. The molecule has 0 radical (unpaired) electrons. The number of piperazine rings is 1. The number of benzene rings is 1. The zero-order chi connectivity index (χ0) is 14.0. The minimum atomic E-state index is -0.529. The second kappa shape index (κ2) is 5.80. The number of carbonyl (C=O) groups excluding carboxylic acids is 1. The van der Waals surface area contributed by atoms with Gasteiger partial charge in [-0.25, -0.2) is 0 Å². The summed E-state index contributed by atoms with van der Waals surface area (Å²) in [5.41, 5.74) is 0.0807. The van der Waals surface area contributed by atoms with E-state index in [1.807, 2.05) is 13.8 Å². The summed E-state index contributed by atoms with van der Waals surface area (Å²) in [6.07, 6.45) is 0. The zero-order valence-corrected chi connectivity index (χ0v) is 12.7. The number of carbonyl (C=O) groups is 1. The van der Waals surface area contributed by atoms with E-state index in [4.69, 9.17) is 23.2 Å². The number of Topliss-reactive ketones (excluding diaryl/α,β-unsaturated/α-hetero) is 1. The molecule has 19 heavy (non-hydrogen) atoms. The van der Waals surface area contributed by atoms with Crippen LogP contribution < -0.4 is 5.32 Å². The van der Waals surface area contributed by atoms with Gasteiger partial charge in [0.05, 0.1) is 15.6 Å². The summed E-state index contributed by atoms with van der Waals surface area (Å²) in [6, 6.07) is 5.06. The molecule has 3 nitrogen and oxygen atoms in total. The fraction of sp³-hybridized carbons (Fsp3) is 0.500. The first kappa shape index (κ1) is 14.8. The van der Waals surface area contributed by atoms with E-state index in [-0.39, 0.29) is 5.78 Å². The molecule has 1 aromatic carbocycles. The molecule has 0 amide bonds. The molecule has 104 valence electrons. The van der Waals surface area contributed by atoms with Crippen molar-refractivity contribution in [2.45, 2.75) is 19.4 Å². The van der Waals surface area contributed by atoms with Crippen molar-refractivity contribution in [3.05, 3.63) is 33.8 Å². The van der Waals surface area contributed by atoms with Crippen molar-refractivity contribution in [2.75, 3.05) is 26.2 Å². The van der Waals surface area contributed by atoms with Crippen LogP contribution in [0.3, 0.4) is 0 Å². The zero-order valence-electron chi connectivity index (χ0n) is 11.2. The van der Waals surface area contributed by atoms with Gasteiger partial charge in [0.15, 0.2) is 5.78 Å². The van der Waals surface area contributed by atoms with E-state index in [9.17, 15) is 4.79 Å². The molecule has 2 rings (SSSR count). The quantitative estimate of drug-likeness (QED) is 0.871. The molecule has 0 saturated carbocycles. The number of hydrogen-bond acceptors (Lipinski definition) is 3. The third-order valence-corrected chi connectivity index (χ3v) is 4.38. The SMILES string of the molecule is CC(C)(C(=O)c1ccc(Cl)c(Cl)c1)N1CCNCC1. The molecule has 1 aliphatic heterocycles. The van der Waals surface area contributed by atoms with Gasteiger partial charge in [0.25, 0.3) is 0 Å². The van der Waals surface area contributed by atoms with Gasteiger partial charge in [-0.2, -0.15) is 0 Å². The van der Waals surface area contributed by atoms with E-state index < -0.39 is 5.54 Å². The van der Waals surface area contributed by atoms with E-state index in [2.05, 4.69) is 10.2 Å². The molecule has 0 spiro atoms. The Morgan fingerprint density at radius 3 is 2.42 bits per heavy atom. The van der Waals surface area contributed by atoms with Crippen molar-refractivity contribution >= 4 is 29.0 Å². The van der Waals surface area contributed by atoms with Crippen LogP contribution in [0.15, 0.2) is 18.2 Å². The van der Waals surface area contributed by atoms with Crippen LogP contribution in [0.5, 0.6) is 0 Å². The summed E-state index contributed by atoms with van der Waals surface area (Å²) in [7, 11) is 0. The van der Waals surface area contributed by atoms with E-state index in [1.165, 1.54) is 0 Å². The molecule has 1 aromatic rings. The molecule has 1 heterocycles. The first-order chi connectivity index (χ1) is 8.93. The van der Waals surface area contributed by atoms with Crippen LogP contribution >= 0.6 is 23.2 Å². The van der Waals surface area contributed by atoms with Gasteiger partial charge in [0, 0.05) is 31.7 Å². The fourth-order valence-electron chi connectivity index (χ4n) is 2.36. The molecule has 0 atom stereocenters. The highest BCUT2D eigenvalue weighted by Crippen LogP contribution is 2.26. The predicted molar refractivity (Wildman–Crippen MR) is 79.3 cm³/mol. The Hall–Kier alpha value is -0.610. The monoisotopic (exact) mass is 300 g/mol. The van der Waals surface area contributed by atoms with E-state index in [0.29, 0.717) is 15.6 Å². The molecule has 1 N–H and O–H groups in total. The van der Waals surface area contributed by atoms with Gasteiger partial charge < -0.3 is 5.32 Å². The first-order valence-electron chi connectivity index (χ1n) is 6.38. The Morgan fingerprint density at radius 1 is 1.21 bits per heavy atom. The van der Waals surface area contributed by atoms with Gasteiger partial charge in [-0.1, -0.05) is 23.2 Å². The van der Waals surface area contributed by atoms with Gasteiger partial charge in [-0.15, -0.1) is 0 Å². The minimum absolute atomic E-state index is 0.0768. The van der Waals surface area contributed by atoms with E-state index in [1.54, 1.807) is 18.2 Å². The van der Waals surface area contributed by atoms with Gasteiger partial charge in [0.2, 0.25) is 0 Å². The maximum atomic E-state index is 12.7. The molecule has 1 fully saturated rings.